The van der Waals surface area contributed by atoms with Crippen LogP contribution in [0.1, 0.15) is 0 Å². The molecule has 2 aromatic rings. The first-order valence-electron chi connectivity index (χ1n) is 5.97. The van der Waals surface area contributed by atoms with Crippen molar-refractivity contribution >= 4 is 40.4 Å². The van der Waals surface area contributed by atoms with E-state index < -0.39 is 0 Å². The zero-order chi connectivity index (χ0) is 14.4. The van der Waals surface area contributed by atoms with Gasteiger partial charge in [0.1, 0.15) is 0 Å². The lowest BCUT2D eigenvalue weighted by Crippen LogP contribution is -1.83. The van der Waals surface area contributed by atoms with Crippen molar-refractivity contribution in [3.8, 4) is 0 Å². The summed E-state index contributed by atoms with van der Waals surface area (Å²) in [7, 11) is 0. The van der Waals surface area contributed by atoms with Crippen molar-refractivity contribution in [3.05, 3.63) is 61.2 Å². The number of carbonyl (C=O) groups excluding carboxylic acids is 1. The van der Waals surface area contributed by atoms with E-state index in [4.69, 9.17) is 0 Å². The summed E-state index contributed by atoms with van der Waals surface area (Å²) in [6.45, 7) is 3.49. The first-order chi connectivity index (χ1) is 9.71. The van der Waals surface area contributed by atoms with E-state index in [1.165, 1.54) is 27.6 Å². The number of rotatable bonds is 5. The van der Waals surface area contributed by atoms with Crippen LogP contribution in [0.3, 0.4) is 0 Å². The van der Waals surface area contributed by atoms with E-state index in [0.29, 0.717) is 0 Å². The van der Waals surface area contributed by atoms with Crippen LogP contribution in [0.25, 0.3) is 0 Å². The molecule has 0 aliphatic heterocycles. The molecule has 0 amide bonds. The zero-order valence-corrected chi connectivity index (χ0v) is 13.5. The molecule has 0 saturated carbocycles. The molecule has 0 unspecified atom stereocenters. The number of benzene rings is 2. The average molecular weight is 318 g/mol. The van der Waals surface area contributed by atoms with Gasteiger partial charge < -0.3 is 0 Å². The fraction of sp³-hybridized carbons (Fsp3) is 0.0625. The minimum Gasteiger partial charge on any atom is -0.282 e. The molecule has 4 heteroatoms. The summed E-state index contributed by atoms with van der Waals surface area (Å²) in [5, 5.41) is -0.0310. The van der Waals surface area contributed by atoms with Crippen LogP contribution in [0.15, 0.2) is 80.8 Å². The predicted molar refractivity (Wildman–Crippen MR) is 89.8 cm³/mol. The number of hydrogen-bond donors (Lipinski definition) is 0. The largest absolute Gasteiger partial charge is 0.282 e. The molecule has 0 saturated heterocycles. The summed E-state index contributed by atoms with van der Waals surface area (Å²) >= 11 is 4.64. The number of thioether (sulfide) groups is 2. The molecule has 0 aliphatic carbocycles. The van der Waals surface area contributed by atoms with E-state index in [2.05, 4.69) is 43.2 Å². The summed E-state index contributed by atoms with van der Waals surface area (Å²) in [5.41, 5.74) is 0. The van der Waals surface area contributed by atoms with Gasteiger partial charge in [-0.3, -0.25) is 4.79 Å². The fourth-order valence-electron chi connectivity index (χ4n) is 1.56. The van der Waals surface area contributed by atoms with Crippen LogP contribution >= 0.6 is 35.3 Å². The van der Waals surface area contributed by atoms with Crippen molar-refractivity contribution in [2.75, 3.05) is 6.26 Å². The Kier molecular flexibility index (Phi) is 5.83. The van der Waals surface area contributed by atoms with Gasteiger partial charge in [-0.2, -0.15) is 0 Å². The molecule has 0 heterocycles. The van der Waals surface area contributed by atoms with Crippen molar-refractivity contribution in [2.24, 2.45) is 0 Å². The average Bonchev–Trinajstić information content (AvgIpc) is 2.47. The van der Waals surface area contributed by atoms with Gasteiger partial charge in [0.2, 0.25) is 5.12 Å². The Morgan fingerprint density at radius 2 is 1.55 bits per heavy atom. The molecular formula is C16H14OS3. The molecule has 0 spiro atoms. The molecule has 2 aromatic carbocycles. The van der Waals surface area contributed by atoms with E-state index in [1.807, 2.05) is 18.2 Å². The number of carbonyl (C=O) groups is 1. The Morgan fingerprint density at radius 3 is 2.15 bits per heavy atom. The first-order valence-corrected chi connectivity index (χ1v) is 8.83. The molecule has 0 aromatic heterocycles. The van der Waals surface area contributed by atoms with E-state index in [0.717, 1.165) is 9.79 Å². The number of hydrogen-bond acceptors (Lipinski definition) is 4. The van der Waals surface area contributed by atoms with Crippen molar-refractivity contribution in [2.45, 2.75) is 19.6 Å². The maximum absolute atomic E-state index is 11.4. The molecule has 0 atom stereocenters. The van der Waals surface area contributed by atoms with Crippen molar-refractivity contribution < 1.29 is 4.79 Å². The standard InChI is InChI=1S/C16H14OS3/c1-3-16(17)20-15-9-5-8-14(11-15)19-13-7-4-6-12(10-13)18-2/h3-11H,1H2,2H3. The van der Waals surface area contributed by atoms with Gasteiger partial charge in [-0.1, -0.05) is 30.5 Å². The third kappa shape index (κ3) is 4.47. The Balaban J connectivity index is 2.14. The van der Waals surface area contributed by atoms with Crippen molar-refractivity contribution in [1.29, 1.82) is 0 Å². The van der Waals surface area contributed by atoms with Gasteiger partial charge in [-0.05, 0) is 60.5 Å². The Bertz CT molecular complexity index is 623. The van der Waals surface area contributed by atoms with Gasteiger partial charge in [0.05, 0.1) is 0 Å². The normalized spacial score (nSPS) is 10.2. The molecule has 20 heavy (non-hydrogen) atoms. The molecule has 2 rings (SSSR count). The summed E-state index contributed by atoms with van der Waals surface area (Å²) in [6.07, 6.45) is 3.41. The van der Waals surface area contributed by atoms with Crippen LogP contribution in [0, 0.1) is 0 Å². The van der Waals surface area contributed by atoms with Gasteiger partial charge in [-0.15, -0.1) is 11.8 Å². The molecular weight excluding hydrogens is 304 g/mol. The lowest BCUT2D eigenvalue weighted by atomic mass is 10.4. The van der Waals surface area contributed by atoms with Crippen LogP contribution in [0.2, 0.25) is 0 Å². The highest BCUT2D eigenvalue weighted by atomic mass is 32.2. The summed E-state index contributed by atoms with van der Waals surface area (Å²) in [4.78, 5) is 15.9. The topological polar surface area (TPSA) is 17.1 Å². The Morgan fingerprint density at radius 1 is 1.00 bits per heavy atom. The monoisotopic (exact) mass is 318 g/mol. The van der Waals surface area contributed by atoms with Crippen LogP contribution in [0.4, 0.5) is 0 Å². The quantitative estimate of drug-likeness (QED) is 0.544. The molecule has 0 radical (unpaired) electrons. The molecule has 0 bridgehead atoms. The highest BCUT2D eigenvalue weighted by Gasteiger charge is 2.03. The van der Waals surface area contributed by atoms with Crippen LogP contribution in [-0.4, -0.2) is 11.4 Å². The lowest BCUT2D eigenvalue weighted by Gasteiger charge is -2.05. The van der Waals surface area contributed by atoms with Crippen molar-refractivity contribution in [1.82, 2.24) is 0 Å². The lowest BCUT2D eigenvalue weighted by molar-refractivity contribution is -0.107. The third-order valence-electron chi connectivity index (χ3n) is 2.47. The minimum absolute atomic E-state index is 0.0310. The van der Waals surface area contributed by atoms with Crippen LogP contribution < -0.4 is 0 Å². The second-order valence-electron chi connectivity index (χ2n) is 3.88. The van der Waals surface area contributed by atoms with Crippen LogP contribution in [-0.2, 0) is 4.79 Å². The summed E-state index contributed by atoms with van der Waals surface area (Å²) < 4.78 is 0. The van der Waals surface area contributed by atoms with Gasteiger partial charge in [0.15, 0.2) is 0 Å². The predicted octanol–water partition coefficient (Wildman–Crippen LogP) is 5.36. The van der Waals surface area contributed by atoms with Crippen LogP contribution in [0.5, 0.6) is 0 Å². The summed E-state index contributed by atoms with van der Waals surface area (Å²) in [5.74, 6) is 0. The van der Waals surface area contributed by atoms with E-state index >= 15 is 0 Å². The molecule has 0 N–H and O–H groups in total. The minimum atomic E-state index is -0.0310. The Labute approximate surface area is 132 Å². The maximum Gasteiger partial charge on any atom is 0.216 e. The SMILES string of the molecule is C=CC(=O)Sc1cccc(Sc2cccc(SC)c2)c1. The highest BCUT2D eigenvalue weighted by molar-refractivity contribution is 8.14. The van der Waals surface area contributed by atoms with Gasteiger partial charge in [0.25, 0.3) is 0 Å². The molecule has 102 valence electrons. The fourth-order valence-corrected chi connectivity index (χ4v) is 3.75. The highest BCUT2D eigenvalue weighted by Crippen LogP contribution is 2.32. The van der Waals surface area contributed by atoms with Gasteiger partial charge in [0, 0.05) is 19.6 Å². The second kappa shape index (κ2) is 7.62. The van der Waals surface area contributed by atoms with Gasteiger partial charge >= 0.3 is 0 Å². The summed E-state index contributed by atoms with van der Waals surface area (Å²) in [6, 6.07) is 16.4. The Hall–Kier alpha value is -1.10. The van der Waals surface area contributed by atoms with E-state index in [-0.39, 0.29) is 5.12 Å². The second-order valence-corrected chi connectivity index (χ2v) is 6.99. The zero-order valence-electron chi connectivity index (χ0n) is 11.0. The van der Waals surface area contributed by atoms with E-state index in [9.17, 15) is 4.79 Å². The molecule has 0 aliphatic rings. The molecule has 0 fully saturated rings. The maximum atomic E-state index is 11.4. The third-order valence-corrected chi connectivity index (χ3v) is 5.03. The molecule has 1 nitrogen and oxygen atoms in total. The van der Waals surface area contributed by atoms with Gasteiger partial charge in [-0.25, -0.2) is 0 Å². The van der Waals surface area contributed by atoms with E-state index in [1.54, 1.807) is 23.5 Å². The smallest absolute Gasteiger partial charge is 0.216 e. The first kappa shape index (κ1) is 15.3. The van der Waals surface area contributed by atoms with Crippen molar-refractivity contribution in [3.63, 3.8) is 0 Å².